The van der Waals surface area contributed by atoms with Crippen molar-refractivity contribution in [3.05, 3.63) is 35.4 Å². The lowest BCUT2D eigenvalue weighted by atomic mass is 10.0. The largest absolute Gasteiger partial charge is 0.368 e. The summed E-state index contributed by atoms with van der Waals surface area (Å²) in [5.74, 6) is -0.397. The summed E-state index contributed by atoms with van der Waals surface area (Å²) in [5, 5.41) is 3.01. The van der Waals surface area contributed by atoms with Gasteiger partial charge in [-0.3, -0.25) is 14.5 Å². The van der Waals surface area contributed by atoms with E-state index in [0.717, 1.165) is 37.8 Å². The quantitative estimate of drug-likeness (QED) is 0.839. The Labute approximate surface area is 138 Å². The Morgan fingerprint density at radius 2 is 2.00 bits per heavy atom. The van der Waals surface area contributed by atoms with Crippen LogP contribution in [0.5, 0.6) is 0 Å². The van der Waals surface area contributed by atoms with E-state index in [4.69, 9.17) is 5.73 Å². The lowest BCUT2D eigenvalue weighted by Gasteiger charge is -2.33. The maximum atomic E-state index is 12.3. The van der Waals surface area contributed by atoms with Gasteiger partial charge in [-0.1, -0.05) is 37.6 Å². The molecule has 126 valence electrons. The van der Waals surface area contributed by atoms with Crippen molar-refractivity contribution < 1.29 is 9.59 Å². The van der Waals surface area contributed by atoms with Crippen molar-refractivity contribution in [3.8, 4) is 0 Å². The average Bonchev–Trinajstić information content (AvgIpc) is 2.55. The highest BCUT2D eigenvalue weighted by atomic mass is 16.2. The van der Waals surface area contributed by atoms with Crippen molar-refractivity contribution in [1.82, 2.24) is 10.2 Å². The number of hydrogen-bond acceptors (Lipinski definition) is 3. The molecule has 0 bridgehead atoms. The number of nitrogens with zero attached hydrogens (tertiary/aromatic N) is 1. The summed E-state index contributed by atoms with van der Waals surface area (Å²) in [6, 6.07) is 7.92. The van der Waals surface area contributed by atoms with Crippen LogP contribution in [0.3, 0.4) is 0 Å². The molecule has 0 spiro atoms. The van der Waals surface area contributed by atoms with Crippen LogP contribution in [0.25, 0.3) is 0 Å². The van der Waals surface area contributed by atoms with Gasteiger partial charge in [-0.25, -0.2) is 0 Å². The van der Waals surface area contributed by atoms with E-state index < -0.39 is 0 Å². The van der Waals surface area contributed by atoms with Crippen LogP contribution >= 0.6 is 0 Å². The Morgan fingerprint density at radius 1 is 1.30 bits per heavy atom. The molecule has 0 saturated carbocycles. The number of amides is 2. The second-order valence-electron chi connectivity index (χ2n) is 6.27. The van der Waals surface area contributed by atoms with Gasteiger partial charge in [0.15, 0.2) is 0 Å². The van der Waals surface area contributed by atoms with Crippen LogP contribution in [0.15, 0.2) is 24.3 Å². The molecule has 3 N–H and O–H groups in total. The van der Waals surface area contributed by atoms with Crippen molar-refractivity contribution >= 4 is 11.8 Å². The van der Waals surface area contributed by atoms with Crippen LogP contribution in [0.4, 0.5) is 0 Å². The summed E-state index contributed by atoms with van der Waals surface area (Å²) >= 11 is 0. The van der Waals surface area contributed by atoms with Gasteiger partial charge in [0.25, 0.3) is 0 Å². The molecule has 2 amide bonds. The predicted molar refractivity (Wildman–Crippen MR) is 90.8 cm³/mol. The van der Waals surface area contributed by atoms with Gasteiger partial charge < -0.3 is 11.1 Å². The molecule has 2 rings (SSSR count). The minimum Gasteiger partial charge on any atom is -0.368 e. The third-order valence-corrected chi connectivity index (χ3v) is 4.55. The molecule has 2 atom stereocenters. The van der Waals surface area contributed by atoms with Crippen LogP contribution in [0, 0.1) is 0 Å². The van der Waals surface area contributed by atoms with Crippen molar-refractivity contribution in [2.75, 3.05) is 13.1 Å². The number of nitrogens with one attached hydrogen (secondary N) is 1. The number of aryl methyl sites for hydroxylation is 1. The number of hydrogen-bond donors (Lipinski definition) is 2. The molecule has 5 nitrogen and oxygen atoms in total. The molecule has 1 fully saturated rings. The maximum Gasteiger partial charge on any atom is 0.234 e. The van der Waals surface area contributed by atoms with Crippen molar-refractivity contribution in [1.29, 1.82) is 0 Å². The fraction of sp³-hybridized carbons (Fsp3) is 0.556. The lowest BCUT2D eigenvalue weighted by molar-refractivity contribution is -0.128. The number of rotatable bonds is 6. The predicted octanol–water partition coefficient (Wildman–Crippen LogP) is 1.77. The van der Waals surface area contributed by atoms with E-state index in [9.17, 15) is 9.59 Å². The summed E-state index contributed by atoms with van der Waals surface area (Å²) in [7, 11) is 0. The zero-order valence-electron chi connectivity index (χ0n) is 14.0. The first-order chi connectivity index (χ1) is 11.0. The fourth-order valence-corrected chi connectivity index (χ4v) is 3.10. The summed E-state index contributed by atoms with van der Waals surface area (Å²) in [6.07, 6.45) is 3.75. The average molecular weight is 317 g/mol. The summed E-state index contributed by atoms with van der Waals surface area (Å²) in [4.78, 5) is 25.7. The fourth-order valence-electron chi connectivity index (χ4n) is 3.10. The Hall–Kier alpha value is -1.88. The number of carbonyl (C=O) groups is 2. The second-order valence-corrected chi connectivity index (χ2v) is 6.27. The van der Waals surface area contributed by atoms with E-state index in [0.29, 0.717) is 0 Å². The van der Waals surface area contributed by atoms with Gasteiger partial charge in [0.1, 0.15) is 0 Å². The van der Waals surface area contributed by atoms with Gasteiger partial charge in [-0.2, -0.15) is 0 Å². The Kier molecular flexibility index (Phi) is 6.16. The van der Waals surface area contributed by atoms with E-state index in [1.807, 2.05) is 11.8 Å². The zero-order chi connectivity index (χ0) is 16.8. The molecule has 0 aliphatic carbocycles. The first-order valence-corrected chi connectivity index (χ1v) is 8.42. The van der Waals surface area contributed by atoms with Crippen molar-refractivity contribution in [2.45, 2.75) is 51.6 Å². The van der Waals surface area contributed by atoms with Crippen LogP contribution in [0.2, 0.25) is 0 Å². The Balaban J connectivity index is 1.91. The van der Waals surface area contributed by atoms with Crippen molar-refractivity contribution in [3.63, 3.8) is 0 Å². The minimum atomic E-state index is -0.333. The standard InChI is InChI=1S/C18H27N3O2/c1-3-14-7-9-15(10-8-14)13(2)20-17(22)12-21-11-5-4-6-16(21)18(19)23/h7-10,13,16H,3-6,11-12H2,1-2H3,(H2,19,23)(H,20,22). The SMILES string of the molecule is CCc1ccc(C(C)NC(=O)CN2CCCCC2C(N)=O)cc1. The van der Waals surface area contributed by atoms with Crippen LogP contribution in [0.1, 0.15) is 50.3 Å². The molecule has 1 heterocycles. The number of benzene rings is 1. The van der Waals surface area contributed by atoms with Gasteiger partial charge in [-0.15, -0.1) is 0 Å². The number of carbonyl (C=O) groups excluding carboxylic acids is 2. The Bertz CT molecular complexity index is 542. The summed E-state index contributed by atoms with van der Waals surface area (Å²) < 4.78 is 0. The van der Waals surface area contributed by atoms with Crippen molar-refractivity contribution in [2.24, 2.45) is 5.73 Å². The molecule has 1 saturated heterocycles. The van der Waals surface area contributed by atoms with Crippen LogP contribution in [-0.2, 0) is 16.0 Å². The molecule has 1 aromatic carbocycles. The molecule has 5 heteroatoms. The minimum absolute atomic E-state index is 0.0507. The topological polar surface area (TPSA) is 75.4 Å². The highest BCUT2D eigenvalue weighted by Gasteiger charge is 2.28. The third kappa shape index (κ3) is 4.79. The van der Waals surface area contributed by atoms with E-state index in [2.05, 4.69) is 36.5 Å². The molecule has 0 aromatic heterocycles. The molecule has 1 aromatic rings. The smallest absolute Gasteiger partial charge is 0.234 e. The molecule has 0 radical (unpaired) electrons. The Morgan fingerprint density at radius 3 is 2.61 bits per heavy atom. The molecule has 2 unspecified atom stereocenters. The normalized spacial score (nSPS) is 20.0. The zero-order valence-corrected chi connectivity index (χ0v) is 14.0. The van der Waals surface area contributed by atoms with Crippen LogP contribution in [-0.4, -0.2) is 35.8 Å². The summed E-state index contributed by atoms with van der Waals surface area (Å²) in [5.41, 5.74) is 7.81. The maximum absolute atomic E-state index is 12.3. The number of nitrogens with two attached hydrogens (primary N) is 1. The monoisotopic (exact) mass is 317 g/mol. The second kappa shape index (κ2) is 8.11. The van der Waals surface area contributed by atoms with Gasteiger partial charge >= 0.3 is 0 Å². The summed E-state index contributed by atoms with van der Waals surface area (Å²) in [6.45, 7) is 5.07. The van der Waals surface area contributed by atoms with Gasteiger partial charge in [0.2, 0.25) is 11.8 Å². The molecular formula is C18H27N3O2. The highest BCUT2D eigenvalue weighted by Crippen LogP contribution is 2.17. The highest BCUT2D eigenvalue weighted by molar-refractivity contribution is 5.82. The molecular weight excluding hydrogens is 290 g/mol. The first kappa shape index (κ1) is 17.5. The first-order valence-electron chi connectivity index (χ1n) is 8.42. The van der Waals surface area contributed by atoms with Gasteiger partial charge in [0.05, 0.1) is 18.6 Å². The van der Waals surface area contributed by atoms with E-state index in [-0.39, 0.29) is 30.4 Å². The lowest BCUT2D eigenvalue weighted by Crippen LogP contribution is -2.51. The number of likely N-dealkylation sites (tertiary alicyclic amines) is 1. The van der Waals surface area contributed by atoms with E-state index in [1.54, 1.807) is 0 Å². The van der Waals surface area contributed by atoms with E-state index in [1.165, 1.54) is 5.56 Å². The van der Waals surface area contributed by atoms with Crippen LogP contribution < -0.4 is 11.1 Å². The number of piperidine rings is 1. The molecule has 1 aliphatic heterocycles. The third-order valence-electron chi connectivity index (χ3n) is 4.55. The van der Waals surface area contributed by atoms with E-state index >= 15 is 0 Å². The van der Waals surface area contributed by atoms with Gasteiger partial charge in [-0.05, 0) is 43.9 Å². The molecule has 1 aliphatic rings. The molecule has 23 heavy (non-hydrogen) atoms. The number of primary amides is 1. The van der Waals surface area contributed by atoms with Gasteiger partial charge in [0, 0.05) is 0 Å².